The smallest absolute Gasteiger partial charge is 0.234 e. The van der Waals surface area contributed by atoms with Crippen LogP contribution in [0.4, 0.5) is 10.1 Å². The van der Waals surface area contributed by atoms with Gasteiger partial charge in [0.2, 0.25) is 10.0 Å². The summed E-state index contributed by atoms with van der Waals surface area (Å²) in [7, 11) is -1.89. The molecule has 0 radical (unpaired) electrons. The zero-order valence-electron chi connectivity index (χ0n) is 8.07. The summed E-state index contributed by atoms with van der Waals surface area (Å²) in [5.74, 6) is -0.444. The molecule has 5 heteroatoms. The molecule has 0 N–H and O–H groups in total. The SMILES string of the molecule is CCS(=O)(=O)N(C)c1cccc(F)c1. The van der Waals surface area contributed by atoms with Gasteiger partial charge in [-0.2, -0.15) is 0 Å². The van der Waals surface area contributed by atoms with Crippen LogP contribution in [0.5, 0.6) is 0 Å². The Bertz CT molecular complexity index is 417. The molecule has 1 aromatic rings. The highest BCUT2D eigenvalue weighted by Crippen LogP contribution is 2.16. The lowest BCUT2D eigenvalue weighted by Gasteiger charge is -2.18. The van der Waals surface area contributed by atoms with Gasteiger partial charge in [-0.05, 0) is 25.1 Å². The summed E-state index contributed by atoms with van der Waals surface area (Å²) in [4.78, 5) is 0. The predicted octanol–water partition coefficient (Wildman–Crippen LogP) is 1.61. The fraction of sp³-hybridized carbons (Fsp3) is 0.333. The Hall–Kier alpha value is -1.10. The number of halogens is 1. The van der Waals surface area contributed by atoms with Crippen molar-refractivity contribution in [2.75, 3.05) is 17.1 Å². The third kappa shape index (κ3) is 2.23. The number of hydrogen-bond donors (Lipinski definition) is 0. The van der Waals surface area contributed by atoms with E-state index in [0.29, 0.717) is 5.69 Å². The minimum Gasteiger partial charge on any atom is -0.273 e. The van der Waals surface area contributed by atoms with E-state index in [-0.39, 0.29) is 5.75 Å². The van der Waals surface area contributed by atoms with Crippen molar-refractivity contribution in [1.29, 1.82) is 0 Å². The van der Waals surface area contributed by atoms with Crippen LogP contribution in [0.2, 0.25) is 0 Å². The first-order valence-electron chi connectivity index (χ1n) is 4.19. The largest absolute Gasteiger partial charge is 0.273 e. The standard InChI is InChI=1S/C9H12FNO2S/c1-3-14(12,13)11(2)9-6-4-5-8(10)7-9/h4-7H,3H2,1-2H3. The number of nitrogens with zero attached hydrogens (tertiary/aromatic N) is 1. The molecule has 0 atom stereocenters. The van der Waals surface area contributed by atoms with E-state index in [1.54, 1.807) is 13.0 Å². The van der Waals surface area contributed by atoms with E-state index in [0.717, 1.165) is 4.31 Å². The maximum atomic E-state index is 12.8. The highest BCUT2D eigenvalue weighted by Gasteiger charge is 2.15. The molecular weight excluding hydrogens is 205 g/mol. The van der Waals surface area contributed by atoms with Gasteiger partial charge < -0.3 is 0 Å². The lowest BCUT2D eigenvalue weighted by atomic mass is 10.3. The summed E-state index contributed by atoms with van der Waals surface area (Å²) in [5, 5.41) is 0. The van der Waals surface area contributed by atoms with Crippen molar-refractivity contribution in [2.45, 2.75) is 6.92 Å². The van der Waals surface area contributed by atoms with Crippen LogP contribution in [0.3, 0.4) is 0 Å². The van der Waals surface area contributed by atoms with Crippen molar-refractivity contribution in [3.05, 3.63) is 30.1 Å². The van der Waals surface area contributed by atoms with Crippen LogP contribution in [0, 0.1) is 5.82 Å². The van der Waals surface area contributed by atoms with Gasteiger partial charge in [-0.15, -0.1) is 0 Å². The highest BCUT2D eigenvalue weighted by atomic mass is 32.2. The van der Waals surface area contributed by atoms with E-state index in [1.165, 1.54) is 25.2 Å². The summed E-state index contributed by atoms with van der Waals surface area (Å²) in [5.41, 5.74) is 0.340. The zero-order chi connectivity index (χ0) is 10.8. The lowest BCUT2D eigenvalue weighted by Crippen LogP contribution is -2.27. The average Bonchev–Trinajstić information content (AvgIpc) is 2.16. The molecule has 0 aliphatic heterocycles. The van der Waals surface area contributed by atoms with E-state index in [4.69, 9.17) is 0 Å². The molecule has 0 saturated carbocycles. The molecule has 3 nitrogen and oxygen atoms in total. The van der Waals surface area contributed by atoms with Gasteiger partial charge in [0.1, 0.15) is 5.82 Å². The summed E-state index contributed by atoms with van der Waals surface area (Å²) in [6.45, 7) is 1.55. The first kappa shape index (κ1) is 11.0. The van der Waals surface area contributed by atoms with Crippen LogP contribution in [0.25, 0.3) is 0 Å². The molecule has 0 aliphatic carbocycles. The van der Waals surface area contributed by atoms with Crippen LogP contribution in [0.1, 0.15) is 6.92 Å². The summed E-state index contributed by atoms with van der Waals surface area (Å²) < 4.78 is 36.7. The summed E-state index contributed by atoms with van der Waals surface area (Å²) in [6.07, 6.45) is 0. The van der Waals surface area contributed by atoms with Crippen molar-refractivity contribution in [3.63, 3.8) is 0 Å². The second-order valence-corrected chi connectivity index (χ2v) is 5.14. The van der Waals surface area contributed by atoms with Crippen molar-refractivity contribution in [3.8, 4) is 0 Å². The number of hydrogen-bond acceptors (Lipinski definition) is 2. The number of rotatable bonds is 3. The Kier molecular flexibility index (Phi) is 3.10. The topological polar surface area (TPSA) is 37.4 Å². The monoisotopic (exact) mass is 217 g/mol. The zero-order valence-corrected chi connectivity index (χ0v) is 8.88. The Morgan fingerprint density at radius 2 is 2.07 bits per heavy atom. The quantitative estimate of drug-likeness (QED) is 0.771. The molecule has 0 aromatic heterocycles. The number of anilines is 1. The lowest BCUT2D eigenvalue weighted by molar-refractivity contribution is 0.595. The van der Waals surface area contributed by atoms with Crippen LogP contribution in [-0.2, 0) is 10.0 Å². The van der Waals surface area contributed by atoms with Crippen LogP contribution in [-0.4, -0.2) is 21.2 Å². The van der Waals surface area contributed by atoms with Crippen molar-refractivity contribution >= 4 is 15.7 Å². The van der Waals surface area contributed by atoms with Gasteiger partial charge >= 0.3 is 0 Å². The van der Waals surface area contributed by atoms with Gasteiger partial charge in [-0.3, -0.25) is 4.31 Å². The molecular formula is C9H12FNO2S. The highest BCUT2D eigenvalue weighted by molar-refractivity contribution is 7.92. The minimum absolute atomic E-state index is 0.0000132. The first-order valence-corrected chi connectivity index (χ1v) is 5.80. The molecule has 0 aliphatic rings. The van der Waals surface area contributed by atoms with Gasteiger partial charge in [0.15, 0.2) is 0 Å². The van der Waals surface area contributed by atoms with E-state index in [1.807, 2.05) is 0 Å². The molecule has 14 heavy (non-hydrogen) atoms. The van der Waals surface area contributed by atoms with Gasteiger partial charge in [0.25, 0.3) is 0 Å². The predicted molar refractivity (Wildman–Crippen MR) is 54.3 cm³/mol. The third-order valence-corrected chi connectivity index (χ3v) is 3.73. The maximum Gasteiger partial charge on any atom is 0.234 e. The number of benzene rings is 1. The molecule has 1 rings (SSSR count). The molecule has 0 fully saturated rings. The van der Waals surface area contributed by atoms with Gasteiger partial charge in [0, 0.05) is 7.05 Å². The fourth-order valence-electron chi connectivity index (χ4n) is 1.03. The first-order chi connectivity index (χ1) is 6.47. The third-order valence-electron chi connectivity index (χ3n) is 1.95. The normalized spacial score (nSPS) is 11.4. The molecule has 0 bridgehead atoms. The fourth-order valence-corrected chi connectivity index (χ4v) is 1.85. The Morgan fingerprint density at radius 1 is 1.43 bits per heavy atom. The van der Waals surface area contributed by atoms with E-state index < -0.39 is 15.8 Å². The van der Waals surface area contributed by atoms with Crippen molar-refractivity contribution < 1.29 is 12.8 Å². The molecule has 0 spiro atoms. The molecule has 0 amide bonds. The molecule has 0 unspecified atom stereocenters. The summed E-state index contributed by atoms with van der Waals surface area (Å²) >= 11 is 0. The Morgan fingerprint density at radius 3 is 2.57 bits per heavy atom. The minimum atomic E-state index is -3.30. The van der Waals surface area contributed by atoms with E-state index >= 15 is 0 Å². The van der Waals surface area contributed by atoms with Crippen molar-refractivity contribution in [1.82, 2.24) is 0 Å². The number of sulfonamides is 1. The summed E-state index contributed by atoms with van der Waals surface area (Å²) in [6, 6.07) is 5.49. The van der Waals surface area contributed by atoms with Crippen LogP contribution in [0.15, 0.2) is 24.3 Å². The van der Waals surface area contributed by atoms with Crippen molar-refractivity contribution in [2.24, 2.45) is 0 Å². The Labute approximate surface area is 83.2 Å². The molecule has 78 valence electrons. The van der Waals surface area contributed by atoms with Gasteiger partial charge in [0.05, 0.1) is 11.4 Å². The van der Waals surface area contributed by atoms with E-state index in [9.17, 15) is 12.8 Å². The average molecular weight is 217 g/mol. The van der Waals surface area contributed by atoms with Gasteiger partial charge in [-0.1, -0.05) is 6.07 Å². The Balaban J connectivity index is 3.07. The molecule has 0 heterocycles. The van der Waals surface area contributed by atoms with Crippen LogP contribution >= 0.6 is 0 Å². The van der Waals surface area contributed by atoms with Crippen LogP contribution < -0.4 is 4.31 Å². The second-order valence-electron chi connectivity index (χ2n) is 2.85. The maximum absolute atomic E-state index is 12.8. The second kappa shape index (κ2) is 3.96. The molecule has 0 saturated heterocycles. The van der Waals surface area contributed by atoms with E-state index in [2.05, 4.69) is 0 Å². The molecule has 1 aromatic carbocycles. The van der Waals surface area contributed by atoms with Gasteiger partial charge in [-0.25, -0.2) is 12.8 Å².